The molecule has 0 bridgehead atoms. The van der Waals surface area contributed by atoms with Crippen molar-refractivity contribution >= 4 is 11.8 Å². The normalized spacial score (nSPS) is 18.2. The predicted molar refractivity (Wildman–Crippen MR) is 131 cm³/mol. The third-order valence-corrected chi connectivity index (χ3v) is 6.37. The summed E-state index contributed by atoms with van der Waals surface area (Å²) in [6, 6.07) is 10.7. The molecule has 1 aliphatic rings. The van der Waals surface area contributed by atoms with E-state index in [1.165, 1.54) is 36.5 Å². The number of nitrogens with two attached hydrogens (primary N) is 1. The lowest BCUT2D eigenvalue weighted by Gasteiger charge is -2.26. The summed E-state index contributed by atoms with van der Waals surface area (Å²) in [6.07, 6.45) is -4.36. The highest BCUT2D eigenvalue weighted by molar-refractivity contribution is 5.75. The van der Waals surface area contributed by atoms with Gasteiger partial charge in [-0.25, -0.2) is 4.98 Å². The number of halogens is 6. The Labute approximate surface area is 215 Å². The Morgan fingerprint density at radius 2 is 1.66 bits per heavy atom. The Hall–Kier alpha value is -3.54. The summed E-state index contributed by atoms with van der Waals surface area (Å²) in [5.41, 5.74) is 6.06. The van der Waals surface area contributed by atoms with Crippen molar-refractivity contribution < 1.29 is 31.1 Å². The van der Waals surface area contributed by atoms with E-state index in [2.05, 4.69) is 25.3 Å². The van der Waals surface area contributed by atoms with Crippen LogP contribution in [-0.2, 0) is 12.7 Å². The van der Waals surface area contributed by atoms with Gasteiger partial charge in [0.25, 0.3) is 0 Å². The van der Waals surface area contributed by atoms with E-state index >= 15 is 0 Å². The second kappa shape index (κ2) is 11.5. The second-order valence-electron chi connectivity index (χ2n) is 9.21. The highest BCUT2D eigenvalue weighted by Crippen LogP contribution is 2.35. The third kappa shape index (κ3) is 7.50. The number of hydrogen-bond acceptors (Lipinski definition) is 6. The zero-order valence-electron chi connectivity index (χ0n) is 20.2. The van der Waals surface area contributed by atoms with Crippen molar-refractivity contribution in [2.24, 2.45) is 11.7 Å². The summed E-state index contributed by atoms with van der Waals surface area (Å²) >= 11 is 0. The molecule has 4 N–H and O–H groups in total. The van der Waals surface area contributed by atoms with Crippen molar-refractivity contribution in [1.82, 2.24) is 9.97 Å². The predicted octanol–water partition coefficient (Wildman–Crippen LogP) is 6.60. The lowest BCUT2D eigenvalue weighted by Crippen LogP contribution is -2.29. The monoisotopic (exact) mass is 539 g/mol. The van der Waals surface area contributed by atoms with Crippen molar-refractivity contribution in [3.05, 3.63) is 65.9 Å². The molecule has 2 aromatic carbocycles. The van der Waals surface area contributed by atoms with E-state index in [0.717, 1.165) is 37.8 Å². The van der Waals surface area contributed by atoms with E-state index in [0.29, 0.717) is 23.8 Å². The third-order valence-electron chi connectivity index (χ3n) is 6.37. The molecule has 6 nitrogen and oxygen atoms in total. The summed E-state index contributed by atoms with van der Waals surface area (Å²) in [6.45, 7) is 0.465. The number of para-hydroxylation sites is 1. The van der Waals surface area contributed by atoms with Gasteiger partial charge in [0.15, 0.2) is 0 Å². The molecule has 12 heteroatoms. The molecule has 0 aliphatic heterocycles. The molecule has 3 aromatic rings. The van der Waals surface area contributed by atoms with Crippen molar-refractivity contribution in [2.75, 3.05) is 17.2 Å². The molecule has 1 heterocycles. The average molecular weight is 540 g/mol. The van der Waals surface area contributed by atoms with Crippen molar-refractivity contribution in [3.63, 3.8) is 0 Å². The zero-order valence-corrected chi connectivity index (χ0v) is 20.2. The maximum atomic E-state index is 13.3. The van der Waals surface area contributed by atoms with Crippen LogP contribution in [0, 0.1) is 5.92 Å². The van der Waals surface area contributed by atoms with Gasteiger partial charge in [0.2, 0.25) is 5.95 Å². The van der Waals surface area contributed by atoms with E-state index in [1.54, 1.807) is 6.07 Å². The van der Waals surface area contributed by atoms with Gasteiger partial charge in [0.1, 0.15) is 11.6 Å². The minimum atomic E-state index is -4.85. The van der Waals surface area contributed by atoms with Crippen molar-refractivity contribution in [3.8, 4) is 16.9 Å². The molecule has 204 valence electrons. The van der Waals surface area contributed by atoms with Gasteiger partial charge in [0, 0.05) is 36.5 Å². The Bertz CT molecular complexity index is 1230. The Morgan fingerprint density at radius 1 is 0.921 bits per heavy atom. The van der Waals surface area contributed by atoms with E-state index in [-0.39, 0.29) is 35.4 Å². The quantitative estimate of drug-likeness (QED) is 0.280. The number of ether oxygens (including phenoxy) is 1. The minimum absolute atomic E-state index is 0.0743. The highest BCUT2D eigenvalue weighted by Gasteiger charge is 2.32. The molecule has 0 radical (unpaired) electrons. The fourth-order valence-corrected chi connectivity index (χ4v) is 4.36. The molecule has 1 aliphatic carbocycles. The molecule has 1 aromatic heterocycles. The van der Waals surface area contributed by atoms with Gasteiger partial charge < -0.3 is 21.1 Å². The molecular weight excluding hydrogens is 512 g/mol. The minimum Gasteiger partial charge on any atom is -0.405 e. The maximum Gasteiger partial charge on any atom is 0.573 e. The van der Waals surface area contributed by atoms with Crippen molar-refractivity contribution in [1.29, 1.82) is 0 Å². The number of aromatic nitrogens is 2. The van der Waals surface area contributed by atoms with Crippen LogP contribution in [0.4, 0.5) is 38.1 Å². The molecule has 0 spiro atoms. The smallest absolute Gasteiger partial charge is 0.405 e. The van der Waals surface area contributed by atoms with Gasteiger partial charge in [-0.3, -0.25) is 0 Å². The van der Waals surface area contributed by atoms with E-state index in [4.69, 9.17) is 5.73 Å². The highest BCUT2D eigenvalue weighted by atomic mass is 19.4. The average Bonchev–Trinajstić information content (AvgIpc) is 2.86. The molecule has 4 rings (SSSR count). The van der Waals surface area contributed by atoms with Crippen LogP contribution >= 0.6 is 0 Å². The van der Waals surface area contributed by atoms with Crippen LogP contribution in [0.2, 0.25) is 0 Å². The lowest BCUT2D eigenvalue weighted by molar-refractivity contribution is -0.274. The van der Waals surface area contributed by atoms with Gasteiger partial charge in [-0.2, -0.15) is 18.2 Å². The first-order chi connectivity index (χ1) is 18.0. The standard InChI is InChI=1S/C26H27F6N5O/c27-25(28,29)19-6-3-5-17(12-19)21-15-36-24(37-23(21)34-13-16-8-10-20(33)11-9-16)35-14-18-4-1-2-7-22(18)38-26(30,31)32/h1-7,12,15-16,20H,8-11,13-14,33H2,(H2,34,35,36,37). The topological polar surface area (TPSA) is 85.1 Å². The van der Waals surface area contributed by atoms with Crippen LogP contribution in [-0.4, -0.2) is 28.9 Å². The Kier molecular flexibility index (Phi) is 8.29. The second-order valence-corrected chi connectivity index (χ2v) is 9.21. The molecule has 0 amide bonds. The number of nitrogens with one attached hydrogen (secondary N) is 2. The van der Waals surface area contributed by atoms with Crippen LogP contribution in [0.3, 0.4) is 0 Å². The van der Waals surface area contributed by atoms with Crippen LogP contribution in [0.5, 0.6) is 5.75 Å². The summed E-state index contributed by atoms with van der Waals surface area (Å²) in [5.74, 6) is 0.371. The van der Waals surface area contributed by atoms with Gasteiger partial charge in [-0.05, 0) is 55.4 Å². The van der Waals surface area contributed by atoms with Crippen LogP contribution < -0.4 is 21.1 Å². The first-order valence-electron chi connectivity index (χ1n) is 12.1. The van der Waals surface area contributed by atoms with Gasteiger partial charge in [-0.15, -0.1) is 13.2 Å². The zero-order chi connectivity index (χ0) is 27.3. The number of hydrogen-bond donors (Lipinski definition) is 3. The summed E-state index contributed by atoms with van der Waals surface area (Å²) in [4.78, 5) is 8.67. The van der Waals surface area contributed by atoms with Crippen LogP contribution in [0.1, 0.15) is 36.8 Å². The van der Waals surface area contributed by atoms with Gasteiger partial charge >= 0.3 is 12.5 Å². The number of anilines is 2. The first-order valence-corrected chi connectivity index (χ1v) is 12.1. The number of nitrogens with zero attached hydrogens (tertiary/aromatic N) is 2. The van der Waals surface area contributed by atoms with E-state index in [1.807, 2.05) is 0 Å². The molecule has 38 heavy (non-hydrogen) atoms. The lowest BCUT2D eigenvalue weighted by atomic mass is 9.86. The molecule has 0 saturated heterocycles. The Morgan fingerprint density at radius 3 is 2.37 bits per heavy atom. The van der Waals surface area contributed by atoms with Gasteiger partial charge in [-0.1, -0.05) is 30.3 Å². The van der Waals surface area contributed by atoms with E-state index < -0.39 is 18.1 Å². The summed E-state index contributed by atoms with van der Waals surface area (Å²) in [5, 5.41) is 6.13. The molecular formula is C26H27F6N5O. The van der Waals surface area contributed by atoms with Crippen molar-refractivity contribution in [2.45, 2.75) is 50.8 Å². The summed E-state index contributed by atoms with van der Waals surface area (Å²) in [7, 11) is 0. The van der Waals surface area contributed by atoms with Crippen LogP contribution in [0.15, 0.2) is 54.7 Å². The fourth-order valence-electron chi connectivity index (χ4n) is 4.36. The molecule has 0 atom stereocenters. The van der Waals surface area contributed by atoms with E-state index in [9.17, 15) is 26.3 Å². The first kappa shape index (κ1) is 27.5. The molecule has 0 unspecified atom stereocenters. The molecule has 1 saturated carbocycles. The molecule has 1 fully saturated rings. The number of benzene rings is 2. The summed E-state index contributed by atoms with van der Waals surface area (Å²) < 4.78 is 82.3. The largest absolute Gasteiger partial charge is 0.573 e. The Balaban J connectivity index is 1.58. The number of alkyl halides is 6. The maximum absolute atomic E-state index is 13.3. The van der Waals surface area contributed by atoms with Gasteiger partial charge in [0.05, 0.1) is 5.56 Å². The number of rotatable bonds is 8. The SMILES string of the molecule is NC1CCC(CNc2nc(NCc3ccccc3OC(F)(F)F)ncc2-c2cccc(C(F)(F)F)c2)CC1. The fraction of sp³-hybridized carbons (Fsp3) is 0.385. The van der Waals surface area contributed by atoms with Crippen LogP contribution in [0.25, 0.3) is 11.1 Å².